The van der Waals surface area contributed by atoms with Gasteiger partial charge >= 0.3 is 17.9 Å². The maximum absolute atomic E-state index is 12.8. The summed E-state index contributed by atoms with van der Waals surface area (Å²) in [6, 6.07) is 0. The van der Waals surface area contributed by atoms with E-state index >= 15 is 0 Å². The topological polar surface area (TPSA) is 78.9 Å². The number of ether oxygens (including phenoxy) is 3. The Morgan fingerprint density at radius 2 is 0.554 bits per heavy atom. The van der Waals surface area contributed by atoms with Gasteiger partial charge in [-0.05, 0) is 128 Å². The molecule has 0 fully saturated rings. The van der Waals surface area contributed by atoms with E-state index in [1.54, 1.807) is 0 Å². The molecular weight excluding hydrogens is 913 g/mol. The summed E-state index contributed by atoms with van der Waals surface area (Å²) in [4.78, 5) is 38.1. The minimum Gasteiger partial charge on any atom is -0.462 e. The highest BCUT2D eigenvalue weighted by atomic mass is 16.6. The van der Waals surface area contributed by atoms with Crippen molar-refractivity contribution >= 4 is 17.9 Å². The van der Waals surface area contributed by atoms with Gasteiger partial charge in [0, 0.05) is 19.3 Å². The van der Waals surface area contributed by atoms with Crippen LogP contribution in [0.25, 0.3) is 0 Å². The summed E-state index contributed by atoms with van der Waals surface area (Å²) in [5, 5.41) is 0. The first-order valence-corrected chi connectivity index (χ1v) is 30.2. The molecule has 0 saturated heterocycles. The van der Waals surface area contributed by atoms with Crippen LogP contribution in [-0.4, -0.2) is 37.2 Å². The van der Waals surface area contributed by atoms with Crippen LogP contribution in [0.15, 0.2) is 134 Å². The third kappa shape index (κ3) is 58.4. The minimum absolute atomic E-state index is 0.107. The maximum Gasteiger partial charge on any atom is 0.306 e. The summed E-state index contributed by atoms with van der Waals surface area (Å²) in [7, 11) is 0. The summed E-state index contributed by atoms with van der Waals surface area (Å²) in [6.07, 6.45) is 86.0. The molecular formula is C68H110O6. The number of hydrogen-bond acceptors (Lipinski definition) is 6. The Labute approximate surface area is 455 Å². The molecule has 74 heavy (non-hydrogen) atoms. The van der Waals surface area contributed by atoms with Crippen LogP contribution < -0.4 is 0 Å². The second-order valence-electron chi connectivity index (χ2n) is 19.5. The Morgan fingerprint density at radius 3 is 0.932 bits per heavy atom. The zero-order chi connectivity index (χ0) is 53.6. The SMILES string of the molecule is CC/C=C\C/C=C\C/C=C\C/C=C\C/C=C\C/C=C\C/C=C\C/C=C\C/C=C\CCCC(=O)OCC(COC(=O)CCCCCCC/C=C\CCCC)OC(=O)CCCCCCC/C=C\CCCCCCCCC. The first-order chi connectivity index (χ1) is 36.5. The first-order valence-electron chi connectivity index (χ1n) is 30.2. The van der Waals surface area contributed by atoms with Crippen LogP contribution in [0.2, 0.25) is 0 Å². The molecule has 0 radical (unpaired) electrons. The van der Waals surface area contributed by atoms with E-state index in [9.17, 15) is 14.4 Å². The van der Waals surface area contributed by atoms with Gasteiger partial charge in [0.25, 0.3) is 0 Å². The van der Waals surface area contributed by atoms with Gasteiger partial charge in [0.05, 0.1) is 0 Å². The molecule has 6 nitrogen and oxygen atoms in total. The van der Waals surface area contributed by atoms with Crippen molar-refractivity contribution < 1.29 is 28.6 Å². The number of carbonyl (C=O) groups excluding carboxylic acids is 3. The van der Waals surface area contributed by atoms with Gasteiger partial charge in [-0.2, -0.15) is 0 Å². The molecule has 0 aromatic carbocycles. The number of carbonyl (C=O) groups is 3. The molecule has 0 aromatic rings. The van der Waals surface area contributed by atoms with E-state index in [2.05, 4.69) is 154 Å². The zero-order valence-corrected chi connectivity index (χ0v) is 47.8. The molecule has 418 valence electrons. The molecule has 1 unspecified atom stereocenters. The fourth-order valence-electron chi connectivity index (χ4n) is 7.83. The summed E-state index contributed by atoms with van der Waals surface area (Å²) >= 11 is 0. The van der Waals surface area contributed by atoms with E-state index in [1.807, 2.05) is 0 Å². The van der Waals surface area contributed by atoms with Crippen LogP contribution in [0.1, 0.15) is 258 Å². The second-order valence-corrected chi connectivity index (χ2v) is 19.5. The van der Waals surface area contributed by atoms with E-state index in [0.29, 0.717) is 19.3 Å². The van der Waals surface area contributed by atoms with Gasteiger partial charge in [-0.15, -0.1) is 0 Å². The van der Waals surface area contributed by atoms with Crippen LogP contribution in [0.3, 0.4) is 0 Å². The molecule has 0 amide bonds. The Balaban J connectivity index is 4.42. The largest absolute Gasteiger partial charge is 0.462 e. The van der Waals surface area contributed by atoms with Crippen molar-refractivity contribution in [3.05, 3.63) is 134 Å². The van der Waals surface area contributed by atoms with Gasteiger partial charge in [0.15, 0.2) is 6.10 Å². The van der Waals surface area contributed by atoms with Gasteiger partial charge < -0.3 is 14.2 Å². The van der Waals surface area contributed by atoms with Crippen molar-refractivity contribution in [2.45, 2.75) is 264 Å². The number of esters is 3. The highest BCUT2D eigenvalue weighted by Crippen LogP contribution is 2.13. The highest BCUT2D eigenvalue weighted by Gasteiger charge is 2.19. The molecule has 0 heterocycles. The standard InChI is InChI=1S/C68H110O6/c1-4-7-10-13-16-19-22-24-26-28-29-30-31-32-33-34-35-36-37-38-39-40-42-43-46-49-52-55-58-61-67(70)73-64-65(63-72-66(69)60-57-54-51-48-45-21-18-15-12-9-6-3)74-68(71)62-59-56-53-50-47-44-41-27-25-23-20-17-14-11-8-5-2/h7,10,15-16,18-19,24,26-27,29-30,32-33,35-36,38-39,41-43,49,52,65H,4-6,8-9,11-14,17,20-23,25,28,31,34,37,40,44-48,50-51,53-64H2,1-3H3/b10-7-,18-15-,19-16-,26-24-,30-29-,33-32-,36-35-,39-38-,41-27-,43-42-,52-49-. The predicted octanol–water partition coefficient (Wildman–Crippen LogP) is 20.6. The molecule has 1 atom stereocenters. The van der Waals surface area contributed by atoms with E-state index in [1.165, 1.54) is 83.5 Å². The average molecular weight is 1020 g/mol. The predicted molar refractivity (Wildman–Crippen MR) is 320 cm³/mol. The molecule has 0 aromatic heterocycles. The lowest BCUT2D eigenvalue weighted by Gasteiger charge is -2.18. The lowest BCUT2D eigenvalue weighted by Crippen LogP contribution is -2.30. The maximum atomic E-state index is 12.8. The van der Waals surface area contributed by atoms with E-state index in [0.717, 1.165) is 128 Å². The van der Waals surface area contributed by atoms with Gasteiger partial charge in [-0.25, -0.2) is 0 Å². The zero-order valence-electron chi connectivity index (χ0n) is 47.8. The van der Waals surface area contributed by atoms with E-state index in [-0.39, 0.29) is 37.5 Å². The fourth-order valence-corrected chi connectivity index (χ4v) is 7.83. The molecule has 0 bridgehead atoms. The normalized spacial score (nSPS) is 13.1. The number of hydrogen-bond donors (Lipinski definition) is 0. The molecule has 0 N–H and O–H groups in total. The summed E-state index contributed by atoms with van der Waals surface area (Å²) < 4.78 is 16.8. The fraction of sp³-hybridized carbons (Fsp3) is 0.632. The number of rotatable bonds is 53. The van der Waals surface area contributed by atoms with Gasteiger partial charge in [0.1, 0.15) is 13.2 Å². The molecule has 0 spiro atoms. The molecule has 0 aliphatic rings. The Hall–Kier alpha value is -4.45. The molecule has 6 heteroatoms. The Kier molecular flexibility index (Phi) is 57.4. The number of allylic oxidation sites excluding steroid dienone is 22. The van der Waals surface area contributed by atoms with Crippen LogP contribution in [0.5, 0.6) is 0 Å². The van der Waals surface area contributed by atoms with Crippen molar-refractivity contribution in [1.82, 2.24) is 0 Å². The summed E-state index contributed by atoms with van der Waals surface area (Å²) in [6.45, 7) is 6.42. The second kappa shape index (κ2) is 61.1. The molecule has 0 aliphatic heterocycles. The van der Waals surface area contributed by atoms with Crippen molar-refractivity contribution in [1.29, 1.82) is 0 Å². The molecule has 0 rings (SSSR count). The van der Waals surface area contributed by atoms with Crippen LogP contribution >= 0.6 is 0 Å². The lowest BCUT2D eigenvalue weighted by molar-refractivity contribution is -0.167. The van der Waals surface area contributed by atoms with Gasteiger partial charge in [0.2, 0.25) is 0 Å². The van der Waals surface area contributed by atoms with Crippen LogP contribution in [-0.2, 0) is 28.6 Å². The third-order valence-electron chi connectivity index (χ3n) is 12.4. The Morgan fingerprint density at radius 1 is 0.284 bits per heavy atom. The monoisotopic (exact) mass is 1020 g/mol. The quantitative estimate of drug-likeness (QED) is 0.0261. The molecule has 0 aliphatic carbocycles. The highest BCUT2D eigenvalue weighted by molar-refractivity contribution is 5.71. The van der Waals surface area contributed by atoms with Crippen molar-refractivity contribution in [2.75, 3.05) is 13.2 Å². The van der Waals surface area contributed by atoms with Gasteiger partial charge in [-0.1, -0.05) is 244 Å². The summed E-state index contributed by atoms with van der Waals surface area (Å²) in [5.74, 6) is -0.990. The number of unbranched alkanes of at least 4 members (excludes halogenated alkanes) is 20. The van der Waals surface area contributed by atoms with Crippen LogP contribution in [0, 0.1) is 0 Å². The van der Waals surface area contributed by atoms with Crippen molar-refractivity contribution in [3.8, 4) is 0 Å². The first kappa shape index (κ1) is 69.5. The summed E-state index contributed by atoms with van der Waals surface area (Å²) in [5.41, 5.74) is 0. The third-order valence-corrected chi connectivity index (χ3v) is 12.4. The Bertz CT molecular complexity index is 1600. The van der Waals surface area contributed by atoms with Crippen LogP contribution in [0.4, 0.5) is 0 Å². The van der Waals surface area contributed by atoms with Crippen molar-refractivity contribution in [3.63, 3.8) is 0 Å². The van der Waals surface area contributed by atoms with Crippen molar-refractivity contribution in [2.24, 2.45) is 0 Å². The molecule has 0 saturated carbocycles. The van der Waals surface area contributed by atoms with E-state index in [4.69, 9.17) is 14.2 Å². The van der Waals surface area contributed by atoms with Gasteiger partial charge in [-0.3, -0.25) is 14.4 Å². The smallest absolute Gasteiger partial charge is 0.306 e. The van der Waals surface area contributed by atoms with E-state index < -0.39 is 6.10 Å². The lowest BCUT2D eigenvalue weighted by atomic mass is 10.1. The minimum atomic E-state index is -0.813. The average Bonchev–Trinajstić information content (AvgIpc) is 3.40.